The predicted molar refractivity (Wildman–Crippen MR) is 78.5 cm³/mol. The molecule has 0 aromatic heterocycles. The van der Waals surface area contributed by atoms with Crippen LogP contribution in [-0.2, 0) is 13.6 Å². The largest absolute Gasteiger partial charge is 0.348 e. The third-order valence-electron chi connectivity index (χ3n) is 4.33. The normalized spacial score (nSPS) is 36.4. The van der Waals surface area contributed by atoms with Gasteiger partial charge in [-0.1, -0.05) is 19.3 Å². The maximum atomic E-state index is 13.0. The highest BCUT2D eigenvalue weighted by molar-refractivity contribution is 8.02. The van der Waals surface area contributed by atoms with Gasteiger partial charge in [-0.15, -0.1) is 11.8 Å². The second kappa shape index (κ2) is 5.03. The summed E-state index contributed by atoms with van der Waals surface area (Å²) in [7, 11) is -3.01. The van der Waals surface area contributed by atoms with Crippen molar-refractivity contribution in [1.29, 1.82) is 0 Å². The Hall–Kier alpha value is 0.460. The molecule has 6 heteroatoms. The van der Waals surface area contributed by atoms with E-state index in [9.17, 15) is 4.57 Å². The van der Waals surface area contributed by atoms with Crippen LogP contribution in [0, 0.1) is 0 Å². The Morgan fingerprint density at radius 3 is 2.37 bits per heavy atom. The minimum absolute atomic E-state index is 0.0913. The van der Waals surface area contributed by atoms with Gasteiger partial charge in [0.2, 0.25) is 0 Å². The Bertz CT molecular complexity index is 385. The molecule has 1 saturated carbocycles. The molecule has 3 aliphatic rings. The molecule has 2 saturated heterocycles. The topological polar surface area (TPSA) is 47.6 Å². The molecule has 3 fully saturated rings. The minimum atomic E-state index is -3.01. The van der Waals surface area contributed by atoms with Gasteiger partial charge in [-0.05, 0) is 33.1 Å². The smallest absolute Gasteiger partial charge is 0.307 e. The van der Waals surface area contributed by atoms with Crippen molar-refractivity contribution in [3.05, 3.63) is 0 Å². The molecule has 0 radical (unpaired) electrons. The summed E-state index contributed by atoms with van der Waals surface area (Å²) in [6.45, 7) is 5.45. The van der Waals surface area contributed by atoms with Crippen molar-refractivity contribution in [3.8, 4) is 0 Å². The fourth-order valence-electron chi connectivity index (χ4n) is 3.47. The quantitative estimate of drug-likeness (QED) is 0.748. The van der Waals surface area contributed by atoms with Gasteiger partial charge < -0.3 is 9.05 Å². The summed E-state index contributed by atoms with van der Waals surface area (Å²) >= 11 is 1.95. The lowest BCUT2D eigenvalue weighted by Gasteiger charge is -2.35. The van der Waals surface area contributed by atoms with Crippen molar-refractivity contribution in [1.82, 2.24) is 5.32 Å². The van der Waals surface area contributed by atoms with E-state index in [1.807, 2.05) is 11.8 Å². The van der Waals surface area contributed by atoms with Gasteiger partial charge >= 0.3 is 7.60 Å². The second-order valence-electron chi connectivity index (χ2n) is 6.37. The minimum Gasteiger partial charge on any atom is -0.307 e. The Balaban J connectivity index is 1.83. The van der Waals surface area contributed by atoms with Gasteiger partial charge in [-0.3, -0.25) is 9.88 Å². The highest BCUT2D eigenvalue weighted by atomic mass is 32.2. The molecule has 0 amide bonds. The molecule has 2 aliphatic heterocycles. The average Bonchev–Trinajstić information content (AvgIpc) is 2.63. The molecule has 1 N–H and O–H groups in total. The Kier molecular flexibility index (Phi) is 3.81. The van der Waals surface area contributed by atoms with Crippen LogP contribution in [0.3, 0.4) is 0 Å². The first-order chi connectivity index (χ1) is 8.96. The predicted octanol–water partition coefficient (Wildman–Crippen LogP) is 3.72. The van der Waals surface area contributed by atoms with E-state index in [1.165, 1.54) is 19.3 Å². The highest BCUT2D eigenvalue weighted by Gasteiger charge is 2.58. The first kappa shape index (κ1) is 14.4. The van der Waals surface area contributed by atoms with Crippen molar-refractivity contribution in [2.45, 2.75) is 67.8 Å². The van der Waals surface area contributed by atoms with Crippen LogP contribution in [0.4, 0.5) is 0 Å². The molecule has 1 aliphatic carbocycles. The van der Waals surface area contributed by atoms with Gasteiger partial charge in [0.15, 0.2) is 0 Å². The van der Waals surface area contributed by atoms with Crippen molar-refractivity contribution in [2.75, 3.05) is 13.2 Å². The number of hydrogen-bond donors (Lipinski definition) is 1. The van der Waals surface area contributed by atoms with E-state index in [4.69, 9.17) is 9.05 Å². The van der Waals surface area contributed by atoms with Gasteiger partial charge in [0, 0.05) is 4.75 Å². The molecule has 4 nitrogen and oxygen atoms in total. The van der Waals surface area contributed by atoms with Crippen LogP contribution in [-0.4, -0.2) is 28.6 Å². The average molecular weight is 305 g/mol. The van der Waals surface area contributed by atoms with Gasteiger partial charge in [-0.25, -0.2) is 0 Å². The van der Waals surface area contributed by atoms with E-state index in [1.54, 1.807) is 0 Å². The van der Waals surface area contributed by atoms with E-state index >= 15 is 0 Å². The first-order valence-electron chi connectivity index (χ1n) is 7.33. The molecular weight excluding hydrogens is 281 g/mol. The van der Waals surface area contributed by atoms with Crippen molar-refractivity contribution >= 4 is 19.4 Å². The molecule has 110 valence electrons. The zero-order valence-electron chi connectivity index (χ0n) is 11.8. The van der Waals surface area contributed by atoms with Gasteiger partial charge in [0.25, 0.3) is 0 Å². The van der Waals surface area contributed by atoms with Crippen molar-refractivity contribution in [2.24, 2.45) is 0 Å². The van der Waals surface area contributed by atoms with Crippen LogP contribution >= 0.6 is 19.4 Å². The van der Waals surface area contributed by atoms with Crippen LogP contribution in [0.25, 0.3) is 0 Å². The molecular formula is C13H24NO3PS. The number of rotatable bonds is 1. The SMILES string of the molecule is CC1(C)SC2(CCCCC2)NC1P1(=O)OCCCO1. The summed E-state index contributed by atoms with van der Waals surface area (Å²) in [6, 6.07) is 0. The maximum absolute atomic E-state index is 13.0. The molecule has 0 bridgehead atoms. The van der Waals surface area contributed by atoms with Crippen LogP contribution in [0.1, 0.15) is 52.4 Å². The van der Waals surface area contributed by atoms with Crippen molar-refractivity contribution < 1.29 is 13.6 Å². The summed E-state index contributed by atoms with van der Waals surface area (Å²) in [6.07, 6.45) is 7.01. The molecule has 2 heterocycles. The van der Waals surface area contributed by atoms with E-state index in [0.29, 0.717) is 13.2 Å². The standard InChI is InChI=1S/C13H24NO3PS/c1-12(2)11(18(15)16-9-6-10-17-18)14-13(19-12)7-4-3-5-8-13/h11,14H,3-10H2,1-2H3. The summed E-state index contributed by atoms with van der Waals surface area (Å²) in [4.78, 5) is 0.0913. The number of nitrogens with one attached hydrogen (secondary N) is 1. The van der Waals surface area contributed by atoms with Crippen LogP contribution in [0.5, 0.6) is 0 Å². The lowest BCUT2D eigenvalue weighted by atomic mass is 9.94. The van der Waals surface area contributed by atoms with Crippen LogP contribution in [0.2, 0.25) is 0 Å². The molecule has 0 aromatic carbocycles. The van der Waals surface area contributed by atoms with E-state index in [0.717, 1.165) is 19.3 Å². The van der Waals surface area contributed by atoms with Crippen LogP contribution < -0.4 is 5.32 Å². The van der Waals surface area contributed by atoms with E-state index in [-0.39, 0.29) is 15.4 Å². The maximum Gasteiger partial charge on any atom is 0.348 e. The molecule has 1 spiro atoms. The molecule has 1 atom stereocenters. The first-order valence-corrected chi connectivity index (χ1v) is 9.75. The fourth-order valence-corrected chi connectivity index (χ4v) is 8.26. The van der Waals surface area contributed by atoms with E-state index in [2.05, 4.69) is 19.2 Å². The van der Waals surface area contributed by atoms with Gasteiger partial charge in [0.1, 0.15) is 5.78 Å². The summed E-state index contributed by atoms with van der Waals surface area (Å²) in [5.41, 5.74) is 0. The molecule has 19 heavy (non-hydrogen) atoms. The lowest BCUT2D eigenvalue weighted by molar-refractivity contribution is 0.133. The Labute approximate surface area is 119 Å². The summed E-state index contributed by atoms with van der Waals surface area (Å²) in [5.74, 6) is -0.177. The van der Waals surface area contributed by atoms with E-state index < -0.39 is 7.60 Å². The van der Waals surface area contributed by atoms with Gasteiger partial charge in [0.05, 0.1) is 18.1 Å². The monoisotopic (exact) mass is 305 g/mol. The lowest BCUT2D eigenvalue weighted by Crippen LogP contribution is -2.45. The zero-order valence-corrected chi connectivity index (χ0v) is 13.5. The van der Waals surface area contributed by atoms with Crippen LogP contribution in [0.15, 0.2) is 0 Å². The Morgan fingerprint density at radius 2 is 1.74 bits per heavy atom. The summed E-state index contributed by atoms with van der Waals surface area (Å²) in [5, 5.41) is 3.66. The molecule has 1 unspecified atom stereocenters. The van der Waals surface area contributed by atoms with Gasteiger partial charge in [-0.2, -0.15) is 0 Å². The molecule has 0 aromatic rings. The van der Waals surface area contributed by atoms with Crippen molar-refractivity contribution in [3.63, 3.8) is 0 Å². The third kappa shape index (κ3) is 2.65. The number of hydrogen-bond acceptors (Lipinski definition) is 5. The third-order valence-corrected chi connectivity index (χ3v) is 8.67. The second-order valence-corrected chi connectivity index (χ2v) is 10.5. The summed E-state index contributed by atoms with van der Waals surface area (Å²) < 4.78 is 24.0. The highest BCUT2D eigenvalue weighted by Crippen LogP contribution is 2.65. The fraction of sp³-hybridized carbons (Fsp3) is 1.00. The number of thioether (sulfide) groups is 1. The Morgan fingerprint density at radius 1 is 1.11 bits per heavy atom. The zero-order chi connectivity index (χ0) is 13.6. The molecule has 3 rings (SSSR count).